The lowest BCUT2D eigenvalue weighted by molar-refractivity contribution is -0.151. The van der Waals surface area contributed by atoms with Gasteiger partial charge in [-0.3, -0.25) is 9.59 Å². The number of methoxy groups -OCH3 is 1. The normalized spacial score (nSPS) is 19.9. The van der Waals surface area contributed by atoms with E-state index >= 15 is 0 Å². The third kappa shape index (κ3) is 5.46. The largest absolute Gasteiger partial charge is 0.466 e. The van der Waals surface area contributed by atoms with Gasteiger partial charge in [-0.1, -0.05) is 42.4 Å². The molecule has 1 aromatic carbocycles. The number of amidine groups is 1. The number of thioether (sulfide) groups is 1. The second-order valence-electron chi connectivity index (χ2n) is 9.54. The number of esters is 2. The van der Waals surface area contributed by atoms with Crippen LogP contribution < -0.4 is 0 Å². The predicted octanol–water partition coefficient (Wildman–Crippen LogP) is 4.63. The molecule has 0 bridgehead atoms. The molecule has 0 radical (unpaired) electrons. The van der Waals surface area contributed by atoms with Crippen molar-refractivity contribution in [3.05, 3.63) is 57.3 Å². The van der Waals surface area contributed by atoms with Crippen molar-refractivity contribution in [2.75, 3.05) is 26.8 Å². The van der Waals surface area contributed by atoms with Crippen LogP contribution in [0.5, 0.6) is 0 Å². The molecular formula is C28H35N3O5S. The zero-order valence-corrected chi connectivity index (χ0v) is 23.0. The molecule has 37 heavy (non-hydrogen) atoms. The van der Waals surface area contributed by atoms with Gasteiger partial charge in [0.05, 0.1) is 43.4 Å². The van der Waals surface area contributed by atoms with Gasteiger partial charge >= 0.3 is 11.9 Å². The molecule has 1 amide bonds. The molecule has 0 aliphatic carbocycles. The van der Waals surface area contributed by atoms with Crippen LogP contribution in [0, 0.1) is 19.8 Å². The first-order valence-corrected chi connectivity index (χ1v) is 13.7. The fourth-order valence-corrected chi connectivity index (χ4v) is 6.17. The minimum absolute atomic E-state index is 0.000303. The van der Waals surface area contributed by atoms with Crippen molar-refractivity contribution < 1.29 is 23.9 Å². The lowest BCUT2D eigenvalue weighted by atomic mass is 9.89. The average molecular weight is 526 g/mol. The van der Waals surface area contributed by atoms with Crippen molar-refractivity contribution in [3.8, 4) is 0 Å². The number of piperidine rings is 1. The number of carbonyl (C=O) groups is 3. The molecule has 1 atom stereocenters. The Kier molecular flexibility index (Phi) is 8.42. The number of nitrogens with zero attached hydrogens (tertiary/aromatic N) is 3. The van der Waals surface area contributed by atoms with E-state index in [1.807, 2.05) is 42.0 Å². The van der Waals surface area contributed by atoms with E-state index in [-0.39, 0.29) is 24.2 Å². The van der Waals surface area contributed by atoms with Crippen LogP contribution in [-0.2, 0) is 23.9 Å². The van der Waals surface area contributed by atoms with Crippen molar-refractivity contribution in [2.24, 2.45) is 10.9 Å². The third-order valence-corrected chi connectivity index (χ3v) is 8.04. The summed E-state index contributed by atoms with van der Waals surface area (Å²) in [6.07, 6.45) is 1.99. The second kappa shape index (κ2) is 11.5. The number of aliphatic imine (C=N–C) groups is 1. The molecular weight excluding hydrogens is 490 g/mol. The van der Waals surface area contributed by atoms with Crippen molar-refractivity contribution in [1.82, 2.24) is 9.80 Å². The van der Waals surface area contributed by atoms with Crippen LogP contribution >= 0.6 is 11.8 Å². The number of amides is 1. The summed E-state index contributed by atoms with van der Waals surface area (Å²) in [5, 5.41) is 2.73. The topological polar surface area (TPSA) is 88.5 Å². The zero-order valence-electron chi connectivity index (χ0n) is 22.2. The number of likely N-dealkylation sites (tertiary alicyclic amines) is 1. The minimum Gasteiger partial charge on any atom is -0.466 e. The Morgan fingerprint density at radius 3 is 2.49 bits per heavy atom. The van der Waals surface area contributed by atoms with E-state index in [1.54, 1.807) is 6.92 Å². The van der Waals surface area contributed by atoms with E-state index in [0.29, 0.717) is 50.2 Å². The number of allylic oxidation sites excluding steroid dienone is 1. The van der Waals surface area contributed by atoms with E-state index in [0.717, 1.165) is 27.6 Å². The molecule has 3 heterocycles. The molecule has 198 valence electrons. The Balaban J connectivity index is 1.60. The number of fused-ring (bicyclic) bond motifs is 1. The predicted molar refractivity (Wildman–Crippen MR) is 143 cm³/mol. The molecule has 3 aliphatic heterocycles. The Morgan fingerprint density at radius 1 is 1.14 bits per heavy atom. The molecule has 1 saturated heterocycles. The van der Waals surface area contributed by atoms with Gasteiger partial charge in [-0.05, 0) is 56.6 Å². The Hall–Kier alpha value is -3.07. The van der Waals surface area contributed by atoms with Crippen LogP contribution in [0.25, 0.3) is 0 Å². The van der Waals surface area contributed by atoms with E-state index in [4.69, 9.17) is 14.5 Å². The first kappa shape index (κ1) is 27.0. The molecule has 9 heteroatoms. The summed E-state index contributed by atoms with van der Waals surface area (Å²) in [5.74, 6) is -0.739. The highest BCUT2D eigenvalue weighted by Gasteiger charge is 2.42. The zero-order chi connectivity index (χ0) is 26.7. The number of benzene rings is 1. The quantitative estimate of drug-likeness (QED) is 0.480. The molecule has 8 nitrogen and oxygen atoms in total. The summed E-state index contributed by atoms with van der Waals surface area (Å²) in [6, 6.07) is 5.77. The van der Waals surface area contributed by atoms with Crippen molar-refractivity contribution in [2.45, 2.75) is 59.4 Å². The van der Waals surface area contributed by atoms with Crippen LogP contribution in [0.4, 0.5) is 0 Å². The number of hydrogen-bond acceptors (Lipinski definition) is 8. The third-order valence-electron chi connectivity index (χ3n) is 7.15. The van der Waals surface area contributed by atoms with Crippen LogP contribution in [0.15, 0.2) is 45.6 Å². The highest BCUT2D eigenvalue weighted by atomic mass is 32.2. The van der Waals surface area contributed by atoms with Crippen molar-refractivity contribution in [3.63, 3.8) is 0 Å². The van der Waals surface area contributed by atoms with Gasteiger partial charge in [-0.15, -0.1) is 0 Å². The van der Waals surface area contributed by atoms with E-state index in [9.17, 15) is 14.4 Å². The first-order chi connectivity index (χ1) is 17.8. The Bertz CT molecular complexity index is 1180. The Morgan fingerprint density at radius 2 is 1.86 bits per heavy atom. The molecule has 1 aromatic rings. The lowest BCUT2D eigenvalue weighted by Crippen LogP contribution is -2.42. The summed E-state index contributed by atoms with van der Waals surface area (Å²) >= 11 is 1.48. The molecule has 1 fully saturated rings. The standard InChI is InChI=1S/C28H35N3O5S/c1-6-22-24(27(34)35-5)25(21-9-8-17(3)14-18(21)4)31-20(16-37-28(31)29-22)15-23(32)30-12-10-19(11-13-30)26(33)36-7-2/h8-9,14,16,19,25H,6-7,10-13,15H2,1-5H3/t25-/m1/s1. The fourth-order valence-electron chi connectivity index (χ4n) is 5.23. The van der Waals surface area contributed by atoms with Gasteiger partial charge in [-0.2, -0.15) is 0 Å². The van der Waals surface area contributed by atoms with Crippen molar-refractivity contribution in [1.29, 1.82) is 0 Å². The number of ether oxygens (including phenoxy) is 2. The van der Waals surface area contributed by atoms with Crippen LogP contribution in [0.2, 0.25) is 0 Å². The summed E-state index contributed by atoms with van der Waals surface area (Å²) in [4.78, 5) is 47.2. The maximum Gasteiger partial charge on any atom is 0.338 e. The molecule has 4 rings (SSSR count). The van der Waals surface area contributed by atoms with Gasteiger partial charge in [0.15, 0.2) is 5.17 Å². The number of rotatable bonds is 7. The van der Waals surface area contributed by atoms with Gasteiger partial charge in [0.1, 0.15) is 0 Å². The van der Waals surface area contributed by atoms with Gasteiger partial charge in [0.25, 0.3) is 0 Å². The minimum atomic E-state index is -0.431. The van der Waals surface area contributed by atoms with E-state index < -0.39 is 12.0 Å². The SMILES string of the molecule is CCOC(=O)C1CCN(C(=O)CC2=CSC3=NC(CC)=C(C(=O)OC)[C@@H](c4ccc(C)cc4C)N23)CC1. The van der Waals surface area contributed by atoms with Crippen LogP contribution in [0.3, 0.4) is 0 Å². The van der Waals surface area contributed by atoms with Crippen LogP contribution in [-0.4, -0.2) is 59.6 Å². The second-order valence-corrected chi connectivity index (χ2v) is 10.4. The van der Waals surface area contributed by atoms with E-state index in [1.165, 1.54) is 18.9 Å². The van der Waals surface area contributed by atoms with Crippen molar-refractivity contribution >= 4 is 34.8 Å². The highest BCUT2D eigenvalue weighted by molar-refractivity contribution is 8.16. The van der Waals surface area contributed by atoms with Gasteiger partial charge in [0.2, 0.25) is 5.91 Å². The molecule has 0 N–H and O–H groups in total. The molecule has 0 unspecified atom stereocenters. The summed E-state index contributed by atoms with van der Waals surface area (Å²) < 4.78 is 10.4. The number of aryl methyl sites for hydroxylation is 2. The van der Waals surface area contributed by atoms with Crippen LogP contribution in [0.1, 0.15) is 62.3 Å². The first-order valence-electron chi connectivity index (χ1n) is 12.9. The van der Waals surface area contributed by atoms with Gasteiger partial charge < -0.3 is 19.3 Å². The molecule has 0 spiro atoms. The summed E-state index contributed by atoms with van der Waals surface area (Å²) in [6.45, 7) is 9.29. The molecule has 0 aromatic heterocycles. The summed E-state index contributed by atoms with van der Waals surface area (Å²) in [7, 11) is 1.39. The maximum absolute atomic E-state index is 13.4. The molecule has 0 saturated carbocycles. The maximum atomic E-state index is 13.4. The summed E-state index contributed by atoms with van der Waals surface area (Å²) in [5.41, 5.74) is 5.21. The highest BCUT2D eigenvalue weighted by Crippen LogP contribution is 2.46. The molecule has 3 aliphatic rings. The fraction of sp³-hybridized carbons (Fsp3) is 0.500. The monoisotopic (exact) mass is 525 g/mol. The number of hydrogen-bond donors (Lipinski definition) is 0. The van der Waals surface area contributed by atoms with Gasteiger partial charge in [0, 0.05) is 18.8 Å². The Labute approximate surface area is 222 Å². The average Bonchev–Trinajstić information content (AvgIpc) is 3.29. The number of carbonyl (C=O) groups excluding carboxylic acids is 3. The van der Waals surface area contributed by atoms with E-state index in [2.05, 4.69) is 12.1 Å². The smallest absolute Gasteiger partial charge is 0.338 e. The van der Waals surface area contributed by atoms with Gasteiger partial charge in [-0.25, -0.2) is 9.79 Å². The lowest BCUT2D eigenvalue weighted by Gasteiger charge is -2.38.